The van der Waals surface area contributed by atoms with Gasteiger partial charge in [-0.3, -0.25) is 9.59 Å². The third-order valence-corrected chi connectivity index (χ3v) is 2.88. The maximum Gasteiger partial charge on any atom is 0.228 e. The minimum atomic E-state index is -0.117. The van der Waals surface area contributed by atoms with Crippen LogP contribution >= 0.6 is 12.4 Å². The van der Waals surface area contributed by atoms with E-state index in [1.54, 1.807) is 24.3 Å². The molecule has 0 bridgehead atoms. The van der Waals surface area contributed by atoms with Crippen molar-refractivity contribution in [3.8, 4) is 0 Å². The quantitative estimate of drug-likeness (QED) is 0.755. The summed E-state index contributed by atoms with van der Waals surface area (Å²) in [7, 11) is 1.81. The van der Waals surface area contributed by atoms with E-state index in [2.05, 4.69) is 16.0 Å². The summed E-state index contributed by atoms with van der Waals surface area (Å²) >= 11 is 0. The van der Waals surface area contributed by atoms with E-state index in [0.717, 1.165) is 0 Å². The zero-order valence-electron chi connectivity index (χ0n) is 12.9. The van der Waals surface area contributed by atoms with E-state index in [-0.39, 0.29) is 36.1 Å². The van der Waals surface area contributed by atoms with Crippen LogP contribution in [0.25, 0.3) is 0 Å². The molecule has 0 fully saturated rings. The number of amides is 2. The zero-order valence-corrected chi connectivity index (χ0v) is 13.7. The average molecular weight is 314 g/mol. The van der Waals surface area contributed by atoms with Crippen molar-refractivity contribution in [1.82, 2.24) is 5.32 Å². The predicted molar refractivity (Wildman–Crippen MR) is 88.9 cm³/mol. The van der Waals surface area contributed by atoms with Gasteiger partial charge in [0, 0.05) is 29.8 Å². The van der Waals surface area contributed by atoms with Gasteiger partial charge in [0.05, 0.1) is 0 Å². The molecule has 2 amide bonds. The fraction of sp³-hybridized carbons (Fsp3) is 0.467. The van der Waals surface area contributed by atoms with Gasteiger partial charge in [-0.15, -0.1) is 12.4 Å². The Kier molecular flexibility index (Phi) is 8.66. The predicted octanol–water partition coefficient (Wildman–Crippen LogP) is 2.50. The van der Waals surface area contributed by atoms with Crippen molar-refractivity contribution >= 4 is 35.6 Å². The first-order valence-electron chi connectivity index (χ1n) is 6.80. The smallest absolute Gasteiger partial charge is 0.228 e. The molecule has 21 heavy (non-hydrogen) atoms. The zero-order chi connectivity index (χ0) is 15.1. The first-order chi connectivity index (χ1) is 9.43. The van der Waals surface area contributed by atoms with E-state index < -0.39 is 0 Å². The van der Waals surface area contributed by atoms with Gasteiger partial charge in [-0.25, -0.2) is 0 Å². The van der Waals surface area contributed by atoms with Gasteiger partial charge in [-0.2, -0.15) is 0 Å². The SMILES string of the molecule is CNCC(C)C(=O)Nc1cccc(NC(=O)C(C)C)c1.Cl. The lowest BCUT2D eigenvalue weighted by atomic mass is 10.1. The monoisotopic (exact) mass is 313 g/mol. The molecule has 1 unspecified atom stereocenters. The highest BCUT2D eigenvalue weighted by molar-refractivity contribution is 5.95. The third-order valence-electron chi connectivity index (χ3n) is 2.88. The fourth-order valence-electron chi connectivity index (χ4n) is 1.63. The maximum atomic E-state index is 11.9. The lowest BCUT2D eigenvalue weighted by Crippen LogP contribution is -2.28. The molecule has 0 spiro atoms. The second-order valence-electron chi connectivity index (χ2n) is 5.17. The van der Waals surface area contributed by atoms with Crippen molar-refractivity contribution < 1.29 is 9.59 Å². The minimum absolute atomic E-state index is 0. The molecule has 0 radical (unpaired) electrons. The van der Waals surface area contributed by atoms with E-state index in [4.69, 9.17) is 0 Å². The van der Waals surface area contributed by atoms with Crippen LogP contribution in [0, 0.1) is 11.8 Å². The fourth-order valence-corrected chi connectivity index (χ4v) is 1.63. The van der Waals surface area contributed by atoms with E-state index in [1.807, 2.05) is 27.8 Å². The molecule has 1 rings (SSSR count). The number of carbonyl (C=O) groups is 2. The largest absolute Gasteiger partial charge is 0.326 e. The Morgan fingerprint density at radius 2 is 1.57 bits per heavy atom. The molecule has 0 aliphatic heterocycles. The van der Waals surface area contributed by atoms with E-state index in [9.17, 15) is 9.59 Å². The second-order valence-corrected chi connectivity index (χ2v) is 5.17. The standard InChI is InChI=1S/C15H23N3O2.ClH/c1-10(2)14(19)17-12-6-5-7-13(8-12)18-15(20)11(3)9-16-4;/h5-8,10-11,16H,9H2,1-4H3,(H,17,19)(H,18,20);1H. The van der Waals surface area contributed by atoms with Gasteiger partial charge < -0.3 is 16.0 Å². The summed E-state index contributed by atoms with van der Waals surface area (Å²) in [4.78, 5) is 23.5. The Hall–Kier alpha value is -1.59. The van der Waals surface area contributed by atoms with Gasteiger partial charge in [0.15, 0.2) is 0 Å². The number of hydrogen-bond acceptors (Lipinski definition) is 3. The summed E-state index contributed by atoms with van der Waals surface area (Å²) < 4.78 is 0. The molecular formula is C15H24ClN3O2. The number of carbonyl (C=O) groups excluding carboxylic acids is 2. The van der Waals surface area contributed by atoms with Crippen LogP contribution in [0.1, 0.15) is 20.8 Å². The Labute approximate surface area is 132 Å². The number of halogens is 1. The first-order valence-corrected chi connectivity index (χ1v) is 6.80. The molecule has 0 saturated heterocycles. The summed E-state index contributed by atoms with van der Waals surface area (Å²) in [5.41, 5.74) is 1.36. The third kappa shape index (κ3) is 6.60. The number of hydrogen-bond donors (Lipinski definition) is 3. The minimum Gasteiger partial charge on any atom is -0.326 e. The van der Waals surface area contributed by atoms with Crippen LogP contribution in [0.4, 0.5) is 11.4 Å². The molecule has 5 nitrogen and oxygen atoms in total. The van der Waals surface area contributed by atoms with Gasteiger partial charge in [0.1, 0.15) is 0 Å². The second kappa shape index (κ2) is 9.37. The number of benzene rings is 1. The van der Waals surface area contributed by atoms with Gasteiger partial charge in [-0.05, 0) is 25.2 Å². The molecule has 1 aromatic rings. The van der Waals surface area contributed by atoms with Crippen molar-refractivity contribution in [3.05, 3.63) is 24.3 Å². The Balaban J connectivity index is 0.00000400. The van der Waals surface area contributed by atoms with Crippen molar-refractivity contribution in [2.45, 2.75) is 20.8 Å². The van der Waals surface area contributed by atoms with Crippen LogP contribution in [0.5, 0.6) is 0 Å². The summed E-state index contributed by atoms with van der Waals surface area (Å²) in [6, 6.07) is 7.15. The lowest BCUT2D eigenvalue weighted by Gasteiger charge is -2.13. The Morgan fingerprint density at radius 1 is 1.05 bits per heavy atom. The van der Waals surface area contributed by atoms with Gasteiger partial charge in [0.25, 0.3) is 0 Å². The van der Waals surface area contributed by atoms with Crippen LogP contribution in [-0.2, 0) is 9.59 Å². The van der Waals surface area contributed by atoms with Crippen molar-refractivity contribution in [2.75, 3.05) is 24.2 Å². The molecule has 0 aliphatic rings. The van der Waals surface area contributed by atoms with Crippen LogP contribution in [0.15, 0.2) is 24.3 Å². The summed E-state index contributed by atoms with van der Waals surface area (Å²) in [5.74, 6) is -0.290. The first kappa shape index (κ1) is 19.4. The van der Waals surface area contributed by atoms with Crippen molar-refractivity contribution in [2.24, 2.45) is 11.8 Å². The van der Waals surface area contributed by atoms with Gasteiger partial charge >= 0.3 is 0 Å². The molecule has 0 heterocycles. The molecule has 0 aliphatic carbocycles. The van der Waals surface area contributed by atoms with E-state index in [1.165, 1.54) is 0 Å². The molecule has 6 heteroatoms. The topological polar surface area (TPSA) is 70.2 Å². The summed E-state index contributed by atoms with van der Waals surface area (Å²) in [5, 5.41) is 8.61. The number of anilines is 2. The number of nitrogens with one attached hydrogen (secondary N) is 3. The highest BCUT2D eigenvalue weighted by atomic mass is 35.5. The normalized spacial score (nSPS) is 11.5. The molecule has 1 atom stereocenters. The van der Waals surface area contributed by atoms with Crippen molar-refractivity contribution in [3.63, 3.8) is 0 Å². The molecule has 1 aromatic carbocycles. The highest BCUT2D eigenvalue weighted by Gasteiger charge is 2.12. The summed E-state index contributed by atoms with van der Waals surface area (Å²) in [6.45, 7) is 6.15. The maximum absolute atomic E-state index is 11.9. The van der Waals surface area contributed by atoms with Crippen LogP contribution < -0.4 is 16.0 Å². The van der Waals surface area contributed by atoms with Crippen LogP contribution in [0.2, 0.25) is 0 Å². The van der Waals surface area contributed by atoms with E-state index >= 15 is 0 Å². The van der Waals surface area contributed by atoms with Gasteiger partial charge in [0.2, 0.25) is 11.8 Å². The molecule has 0 aromatic heterocycles. The molecule has 3 N–H and O–H groups in total. The van der Waals surface area contributed by atoms with Crippen LogP contribution in [0.3, 0.4) is 0 Å². The molecular weight excluding hydrogens is 290 g/mol. The van der Waals surface area contributed by atoms with E-state index in [0.29, 0.717) is 17.9 Å². The summed E-state index contributed by atoms with van der Waals surface area (Å²) in [6.07, 6.45) is 0. The van der Waals surface area contributed by atoms with Crippen LogP contribution in [-0.4, -0.2) is 25.4 Å². The number of rotatable bonds is 6. The van der Waals surface area contributed by atoms with Gasteiger partial charge in [-0.1, -0.05) is 26.8 Å². The highest BCUT2D eigenvalue weighted by Crippen LogP contribution is 2.16. The van der Waals surface area contributed by atoms with Crippen molar-refractivity contribution in [1.29, 1.82) is 0 Å². The molecule has 118 valence electrons. The Morgan fingerprint density at radius 3 is 2.05 bits per heavy atom. The Bertz CT molecular complexity index is 478. The average Bonchev–Trinajstić information content (AvgIpc) is 2.39. The molecule has 0 saturated carbocycles. The lowest BCUT2D eigenvalue weighted by molar-refractivity contribution is -0.119.